The third-order valence-electron chi connectivity index (χ3n) is 1.79. The predicted octanol–water partition coefficient (Wildman–Crippen LogP) is 1.87. The topological polar surface area (TPSA) is 74.6 Å². The molecule has 0 atom stereocenters. The first-order chi connectivity index (χ1) is 7.00. The van der Waals surface area contributed by atoms with E-state index in [2.05, 4.69) is 0 Å². The molecule has 0 fully saturated rings. The average molecular weight is 226 g/mol. The second-order valence-electron chi connectivity index (χ2n) is 2.97. The van der Waals surface area contributed by atoms with Crippen LogP contribution in [0.15, 0.2) is 23.1 Å². The highest BCUT2D eigenvalue weighted by atomic mass is 32.2. The van der Waals surface area contributed by atoms with Crippen molar-refractivity contribution in [2.75, 3.05) is 5.75 Å². The Kier molecular flexibility index (Phi) is 3.74. The SMILES string of the molecule is Cc1ccc(C(=O)O)cc1SCC(=O)O. The van der Waals surface area contributed by atoms with Crippen molar-refractivity contribution in [3.63, 3.8) is 0 Å². The van der Waals surface area contributed by atoms with Crippen LogP contribution in [0, 0.1) is 6.92 Å². The Morgan fingerprint density at radius 3 is 2.53 bits per heavy atom. The first-order valence-electron chi connectivity index (χ1n) is 4.19. The van der Waals surface area contributed by atoms with E-state index in [0.717, 1.165) is 17.3 Å². The summed E-state index contributed by atoms with van der Waals surface area (Å²) in [5.41, 5.74) is 1.06. The smallest absolute Gasteiger partial charge is 0.335 e. The fraction of sp³-hybridized carbons (Fsp3) is 0.200. The van der Waals surface area contributed by atoms with Crippen LogP contribution in [-0.4, -0.2) is 27.9 Å². The zero-order valence-corrected chi connectivity index (χ0v) is 8.87. The van der Waals surface area contributed by atoms with Gasteiger partial charge in [0.2, 0.25) is 0 Å². The van der Waals surface area contributed by atoms with Crippen LogP contribution >= 0.6 is 11.8 Å². The second kappa shape index (κ2) is 4.84. The molecule has 0 aliphatic rings. The summed E-state index contributed by atoms with van der Waals surface area (Å²) in [6, 6.07) is 4.67. The van der Waals surface area contributed by atoms with E-state index in [-0.39, 0.29) is 11.3 Å². The predicted molar refractivity (Wildman–Crippen MR) is 56.5 cm³/mol. The van der Waals surface area contributed by atoms with Crippen LogP contribution in [0.4, 0.5) is 0 Å². The van der Waals surface area contributed by atoms with Gasteiger partial charge in [-0.15, -0.1) is 11.8 Å². The summed E-state index contributed by atoms with van der Waals surface area (Å²) in [6.45, 7) is 1.82. The largest absolute Gasteiger partial charge is 0.481 e. The lowest BCUT2D eigenvalue weighted by Crippen LogP contribution is -2.00. The Bertz CT molecular complexity index is 400. The number of aryl methyl sites for hydroxylation is 1. The minimum atomic E-state index is -1.01. The number of carboxylic acids is 2. The highest BCUT2D eigenvalue weighted by molar-refractivity contribution is 8.00. The maximum Gasteiger partial charge on any atom is 0.335 e. The van der Waals surface area contributed by atoms with Crippen molar-refractivity contribution < 1.29 is 19.8 Å². The van der Waals surface area contributed by atoms with Gasteiger partial charge in [0.05, 0.1) is 11.3 Å². The molecule has 15 heavy (non-hydrogen) atoms. The molecule has 0 heterocycles. The van der Waals surface area contributed by atoms with Gasteiger partial charge in [0.1, 0.15) is 0 Å². The van der Waals surface area contributed by atoms with Gasteiger partial charge >= 0.3 is 11.9 Å². The number of aliphatic carboxylic acids is 1. The van der Waals surface area contributed by atoms with Gasteiger partial charge in [-0.25, -0.2) is 4.79 Å². The zero-order valence-electron chi connectivity index (χ0n) is 8.06. The molecule has 0 aliphatic carbocycles. The van der Waals surface area contributed by atoms with Gasteiger partial charge in [0.25, 0.3) is 0 Å². The highest BCUT2D eigenvalue weighted by Crippen LogP contribution is 2.23. The van der Waals surface area contributed by atoms with Gasteiger partial charge in [0, 0.05) is 4.90 Å². The van der Waals surface area contributed by atoms with Crippen LogP contribution in [0.25, 0.3) is 0 Å². The number of thioether (sulfide) groups is 1. The molecule has 0 saturated carbocycles. The minimum absolute atomic E-state index is 0.0656. The molecule has 0 radical (unpaired) electrons. The van der Waals surface area contributed by atoms with Crippen molar-refractivity contribution >= 4 is 23.7 Å². The van der Waals surface area contributed by atoms with Crippen LogP contribution in [0.2, 0.25) is 0 Å². The molecule has 1 aromatic rings. The van der Waals surface area contributed by atoms with Crippen LogP contribution in [0.1, 0.15) is 15.9 Å². The van der Waals surface area contributed by atoms with E-state index in [9.17, 15) is 9.59 Å². The quantitative estimate of drug-likeness (QED) is 0.766. The summed E-state index contributed by atoms with van der Waals surface area (Å²) >= 11 is 1.12. The normalized spacial score (nSPS) is 9.93. The van der Waals surface area contributed by atoms with Crippen molar-refractivity contribution in [2.24, 2.45) is 0 Å². The fourth-order valence-corrected chi connectivity index (χ4v) is 1.81. The fourth-order valence-electron chi connectivity index (χ4n) is 1.03. The molecule has 1 rings (SSSR count). The lowest BCUT2D eigenvalue weighted by molar-refractivity contribution is -0.133. The van der Waals surface area contributed by atoms with Crippen LogP contribution < -0.4 is 0 Å². The second-order valence-corrected chi connectivity index (χ2v) is 3.99. The summed E-state index contributed by atoms with van der Waals surface area (Å²) in [6.07, 6.45) is 0. The van der Waals surface area contributed by atoms with Gasteiger partial charge in [-0.05, 0) is 24.6 Å². The maximum absolute atomic E-state index is 10.7. The molecule has 0 aromatic heterocycles. The first kappa shape index (κ1) is 11.6. The number of carboxylic acid groups (broad SMARTS) is 2. The van der Waals surface area contributed by atoms with Gasteiger partial charge in [-0.3, -0.25) is 4.79 Å². The number of aromatic carboxylic acids is 1. The van der Waals surface area contributed by atoms with E-state index >= 15 is 0 Å². The molecule has 0 amide bonds. The van der Waals surface area contributed by atoms with E-state index < -0.39 is 11.9 Å². The van der Waals surface area contributed by atoms with E-state index in [1.807, 2.05) is 6.92 Å². The number of benzene rings is 1. The summed E-state index contributed by atoms with van der Waals surface area (Å²) in [7, 11) is 0. The van der Waals surface area contributed by atoms with Gasteiger partial charge in [-0.1, -0.05) is 6.07 Å². The van der Waals surface area contributed by atoms with Crippen molar-refractivity contribution in [2.45, 2.75) is 11.8 Å². The lowest BCUT2D eigenvalue weighted by atomic mass is 10.1. The maximum atomic E-state index is 10.7. The molecule has 0 spiro atoms. The molecule has 0 bridgehead atoms. The van der Waals surface area contributed by atoms with Crippen molar-refractivity contribution in [1.29, 1.82) is 0 Å². The van der Waals surface area contributed by atoms with E-state index in [1.165, 1.54) is 12.1 Å². The molecule has 0 unspecified atom stereocenters. The summed E-state index contributed by atoms with van der Waals surface area (Å²) in [5, 5.41) is 17.3. The Morgan fingerprint density at radius 2 is 2.00 bits per heavy atom. The molecule has 1 aromatic carbocycles. The van der Waals surface area contributed by atoms with Crippen LogP contribution in [-0.2, 0) is 4.79 Å². The lowest BCUT2D eigenvalue weighted by Gasteiger charge is -2.04. The number of hydrogen-bond donors (Lipinski definition) is 2. The molecule has 80 valence electrons. The van der Waals surface area contributed by atoms with Crippen molar-refractivity contribution in [3.05, 3.63) is 29.3 Å². The average Bonchev–Trinajstić information content (AvgIpc) is 2.16. The molecule has 4 nitrogen and oxygen atoms in total. The molecule has 2 N–H and O–H groups in total. The van der Waals surface area contributed by atoms with E-state index in [0.29, 0.717) is 4.90 Å². The Labute approximate surface area is 90.9 Å². The first-order valence-corrected chi connectivity index (χ1v) is 5.18. The third kappa shape index (κ3) is 3.28. The molecular formula is C10H10O4S. The Morgan fingerprint density at radius 1 is 1.33 bits per heavy atom. The number of hydrogen-bond acceptors (Lipinski definition) is 3. The van der Waals surface area contributed by atoms with Crippen molar-refractivity contribution in [3.8, 4) is 0 Å². The van der Waals surface area contributed by atoms with E-state index in [1.54, 1.807) is 6.07 Å². The highest BCUT2D eigenvalue weighted by Gasteiger charge is 2.07. The molecular weight excluding hydrogens is 216 g/mol. The molecule has 0 aliphatic heterocycles. The van der Waals surface area contributed by atoms with Gasteiger partial charge < -0.3 is 10.2 Å². The Hall–Kier alpha value is -1.49. The monoisotopic (exact) mass is 226 g/mol. The van der Waals surface area contributed by atoms with Crippen LogP contribution in [0.3, 0.4) is 0 Å². The van der Waals surface area contributed by atoms with Crippen LogP contribution in [0.5, 0.6) is 0 Å². The number of rotatable bonds is 4. The number of carbonyl (C=O) groups is 2. The molecule has 5 heteroatoms. The van der Waals surface area contributed by atoms with Gasteiger partial charge in [0.15, 0.2) is 0 Å². The molecule has 0 saturated heterocycles. The third-order valence-corrected chi connectivity index (χ3v) is 2.93. The Balaban J connectivity index is 2.90. The standard InChI is InChI=1S/C10H10O4S/c1-6-2-3-7(10(13)14)4-8(6)15-5-9(11)12/h2-4H,5H2,1H3,(H,11,12)(H,13,14). The van der Waals surface area contributed by atoms with E-state index in [4.69, 9.17) is 10.2 Å². The summed E-state index contributed by atoms with van der Waals surface area (Å²) < 4.78 is 0. The van der Waals surface area contributed by atoms with Gasteiger partial charge in [-0.2, -0.15) is 0 Å². The summed E-state index contributed by atoms with van der Waals surface area (Å²) in [4.78, 5) is 21.7. The minimum Gasteiger partial charge on any atom is -0.481 e. The van der Waals surface area contributed by atoms with Crippen molar-refractivity contribution in [1.82, 2.24) is 0 Å². The zero-order chi connectivity index (χ0) is 11.4. The summed E-state index contributed by atoms with van der Waals surface area (Å²) in [5.74, 6) is -1.99.